The van der Waals surface area contributed by atoms with Crippen molar-refractivity contribution in [3.8, 4) is 0 Å². The number of unbranched alkanes of at least 4 members (excludes halogenated alkanes) is 16. The maximum absolute atomic E-state index is 12.3. The highest BCUT2D eigenvalue weighted by molar-refractivity contribution is 5.76. The smallest absolute Gasteiger partial charge is 0.220 e. The van der Waals surface area contributed by atoms with E-state index in [1.54, 1.807) is 0 Å². The van der Waals surface area contributed by atoms with Gasteiger partial charge in [0.2, 0.25) is 11.8 Å². The minimum atomic E-state index is 0.223. The lowest BCUT2D eigenvalue weighted by atomic mass is 9.91. The van der Waals surface area contributed by atoms with E-state index in [2.05, 4.69) is 24.5 Å². The summed E-state index contributed by atoms with van der Waals surface area (Å²) in [6.45, 7) is 4.52. The lowest BCUT2D eigenvalue weighted by molar-refractivity contribution is -0.123. The molecule has 1 rings (SSSR count). The van der Waals surface area contributed by atoms with Gasteiger partial charge in [0.05, 0.1) is 0 Å². The van der Waals surface area contributed by atoms with E-state index in [9.17, 15) is 9.59 Å². The number of amides is 2. The highest BCUT2D eigenvalue weighted by Gasteiger charge is 2.23. The molecule has 4 heteroatoms. The van der Waals surface area contributed by atoms with E-state index in [-0.39, 0.29) is 11.8 Å². The predicted molar refractivity (Wildman–Crippen MR) is 146 cm³/mol. The van der Waals surface area contributed by atoms with E-state index in [0.29, 0.717) is 24.9 Å². The fourth-order valence-electron chi connectivity index (χ4n) is 5.17. The minimum absolute atomic E-state index is 0.223. The summed E-state index contributed by atoms with van der Waals surface area (Å²) in [7, 11) is 0. The molecule has 0 heterocycles. The van der Waals surface area contributed by atoms with Crippen molar-refractivity contribution in [2.75, 3.05) is 0 Å². The second kappa shape index (κ2) is 22.4. The molecule has 2 amide bonds. The Bertz CT molecular complexity index is 442. The largest absolute Gasteiger partial charge is 0.353 e. The van der Waals surface area contributed by atoms with E-state index in [0.717, 1.165) is 38.5 Å². The average molecular weight is 479 g/mol. The van der Waals surface area contributed by atoms with Crippen LogP contribution in [0, 0.1) is 0 Å². The Morgan fingerprint density at radius 2 is 0.735 bits per heavy atom. The number of rotatable bonds is 22. The van der Waals surface area contributed by atoms with Crippen LogP contribution in [0.3, 0.4) is 0 Å². The third kappa shape index (κ3) is 18.3. The van der Waals surface area contributed by atoms with Gasteiger partial charge in [0.25, 0.3) is 0 Å². The Morgan fingerprint density at radius 3 is 1.03 bits per heavy atom. The van der Waals surface area contributed by atoms with Crippen LogP contribution in [0.4, 0.5) is 0 Å². The lowest BCUT2D eigenvalue weighted by Crippen LogP contribution is -2.43. The maximum Gasteiger partial charge on any atom is 0.220 e. The van der Waals surface area contributed by atoms with Gasteiger partial charge in [-0.25, -0.2) is 0 Å². The van der Waals surface area contributed by atoms with Crippen molar-refractivity contribution in [3.63, 3.8) is 0 Å². The standard InChI is InChI=1S/C30H58N2O2/c1-3-5-7-9-11-13-15-17-19-21-29(33)31-27-23-25-28(26-24-27)32-30(34)22-20-18-16-14-12-10-8-6-4-2/h27-28H,3-26H2,1-2H3,(H,31,33)(H,32,34). The van der Waals surface area contributed by atoms with Crippen LogP contribution < -0.4 is 10.6 Å². The Hall–Kier alpha value is -1.06. The van der Waals surface area contributed by atoms with Gasteiger partial charge in [-0.05, 0) is 38.5 Å². The summed E-state index contributed by atoms with van der Waals surface area (Å²) in [4.78, 5) is 24.5. The first-order valence-electron chi connectivity index (χ1n) is 15.2. The minimum Gasteiger partial charge on any atom is -0.353 e. The molecule has 1 aliphatic carbocycles. The van der Waals surface area contributed by atoms with Crippen LogP contribution in [0.15, 0.2) is 0 Å². The van der Waals surface area contributed by atoms with Gasteiger partial charge < -0.3 is 10.6 Å². The molecule has 2 N–H and O–H groups in total. The number of carbonyl (C=O) groups is 2. The van der Waals surface area contributed by atoms with Gasteiger partial charge in [-0.2, -0.15) is 0 Å². The van der Waals surface area contributed by atoms with Crippen LogP contribution in [0.25, 0.3) is 0 Å². The molecule has 34 heavy (non-hydrogen) atoms. The second-order valence-electron chi connectivity index (χ2n) is 10.8. The van der Waals surface area contributed by atoms with Crippen LogP contribution in [0.2, 0.25) is 0 Å². The van der Waals surface area contributed by atoms with Crippen molar-refractivity contribution in [2.24, 2.45) is 0 Å². The average Bonchev–Trinajstić information content (AvgIpc) is 2.83. The molecule has 0 radical (unpaired) electrons. The van der Waals surface area contributed by atoms with Crippen molar-refractivity contribution < 1.29 is 9.59 Å². The first-order valence-corrected chi connectivity index (χ1v) is 15.2. The van der Waals surface area contributed by atoms with Crippen LogP contribution in [0.5, 0.6) is 0 Å². The van der Waals surface area contributed by atoms with Crippen LogP contribution in [-0.2, 0) is 9.59 Å². The van der Waals surface area contributed by atoms with E-state index in [1.165, 1.54) is 103 Å². The van der Waals surface area contributed by atoms with Crippen LogP contribution in [0.1, 0.15) is 168 Å². The molecule has 0 aromatic rings. The van der Waals surface area contributed by atoms with Gasteiger partial charge in [-0.1, -0.05) is 117 Å². The molecule has 1 aliphatic rings. The Morgan fingerprint density at radius 1 is 0.471 bits per heavy atom. The third-order valence-electron chi connectivity index (χ3n) is 7.47. The van der Waals surface area contributed by atoms with Crippen LogP contribution in [-0.4, -0.2) is 23.9 Å². The summed E-state index contributed by atoms with van der Waals surface area (Å²) >= 11 is 0. The molecule has 0 bridgehead atoms. The SMILES string of the molecule is CCCCCCCCCCCC(=O)NC1CCC(NC(=O)CCCCCCCCCCC)CC1. The zero-order valence-electron chi connectivity index (χ0n) is 22.9. The quantitative estimate of drug-likeness (QED) is 0.154. The first-order chi connectivity index (χ1) is 16.7. The zero-order valence-corrected chi connectivity index (χ0v) is 22.9. The van der Waals surface area contributed by atoms with Gasteiger partial charge in [0.15, 0.2) is 0 Å². The molecular formula is C30H58N2O2. The van der Waals surface area contributed by atoms with Gasteiger partial charge in [-0.3, -0.25) is 9.59 Å². The molecule has 4 nitrogen and oxygen atoms in total. The fraction of sp³-hybridized carbons (Fsp3) is 0.933. The van der Waals surface area contributed by atoms with Crippen molar-refractivity contribution in [2.45, 2.75) is 180 Å². The predicted octanol–water partition coefficient (Wildman–Crippen LogP) is 8.37. The molecule has 0 aliphatic heterocycles. The Balaban J connectivity index is 1.94. The molecule has 1 saturated carbocycles. The van der Waals surface area contributed by atoms with Crippen molar-refractivity contribution in [1.29, 1.82) is 0 Å². The molecule has 0 atom stereocenters. The molecule has 0 spiro atoms. The number of hydrogen-bond acceptors (Lipinski definition) is 2. The maximum atomic E-state index is 12.3. The van der Waals surface area contributed by atoms with E-state index >= 15 is 0 Å². The molecule has 1 fully saturated rings. The molecule has 0 aromatic heterocycles. The zero-order chi connectivity index (χ0) is 24.7. The second-order valence-corrected chi connectivity index (χ2v) is 10.8. The highest BCUT2D eigenvalue weighted by Crippen LogP contribution is 2.19. The Kier molecular flexibility index (Phi) is 20.4. The lowest BCUT2D eigenvalue weighted by Gasteiger charge is -2.29. The van der Waals surface area contributed by atoms with E-state index < -0.39 is 0 Å². The van der Waals surface area contributed by atoms with Gasteiger partial charge in [-0.15, -0.1) is 0 Å². The summed E-state index contributed by atoms with van der Waals surface area (Å²) in [6, 6.07) is 0.605. The number of hydrogen-bond donors (Lipinski definition) is 2. The Labute approximate surface area is 212 Å². The highest BCUT2D eigenvalue weighted by atomic mass is 16.2. The molecule has 0 unspecified atom stereocenters. The third-order valence-corrected chi connectivity index (χ3v) is 7.47. The monoisotopic (exact) mass is 478 g/mol. The normalized spacial score (nSPS) is 18.1. The summed E-state index contributed by atoms with van der Waals surface area (Å²) in [5, 5.41) is 6.47. The summed E-state index contributed by atoms with van der Waals surface area (Å²) < 4.78 is 0. The molecule has 200 valence electrons. The van der Waals surface area contributed by atoms with Crippen molar-refractivity contribution >= 4 is 11.8 Å². The summed E-state index contributed by atoms with van der Waals surface area (Å²) in [6.07, 6.45) is 28.4. The molecule has 0 aromatic carbocycles. The van der Waals surface area contributed by atoms with Gasteiger partial charge in [0, 0.05) is 24.9 Å². The van der Waals surface area contributed by atoms with E-state index in [1.807, 2.05) is 0 Å². The molecule has 0 saturated heterocycles. The number of nitrogens with one attached hydrogen (secondary N) is 2. The van der Waals surface area contributed by atoms with Crippen LogP contribution >= 0.6 is 0 Å². The number of carbonyl (C=O) groups excluding carboxylic acids is 2. The van der Waals surface area contributed by atoms with Gasteiger partial charge in [0.1, 0.15) is 0 Å². The van der Waals surface area contributed by atoms with Gasteiger partial charge >= 0.3 is 0 Å². The summed E-state index contributed by atoms with van der Waals surface area (Å²) in [5.41, 5.74) is 0. The topological polar surface area (TPSA) is 58.2 Å². The molecular weight excluding hydrogens is 420 g/mol. The fourth-order valence-corrected chi connectivity index (χ4v) is 5.17. The van der Waals surface area contributed by atoms with E-state index in [4.69, 9.17) is 0 Å². The summed E-state index contributed by atoms with van der Waals surface area (Å²) in [5.74, 6) is 0.446. The van der Waals surface area contributed by atoms with Crippen molar-refractivity contribution in [1.82, 2.24) is 10.6 Å². The van der Waals surface area contributed by atoms with Crippen molar-refractivity contribution in [3.05, 3.63) is 0 Å². The first kappa shape index (κ1) is 31.0.